The zero-order valence-electron chi connectivity index (χ0n) is 20.3. The Bertz CT molecular complexity index is 1220. The highest BCUT2D eigenvalue weighted by molar-refractivity contribution is 7.10. The molecule has 3 amide bonds. The highest BCUT2D eigenvalue weighted by Gasteiger charge is 2.35. The third-order valence-electron chi connectivity index (χ3n) is 6.71. The second-order valence-electron chi connectivity index (χ2n) is 9.54. The van der Waals surface area contributed by atoms with Gasteiger partial charge in [-0.05, 0) is 79.4 Å². The van der Waals surface area contributed by atoms with Gasteiger partial charge in [0.05, 0.1) is 6.04 Å². The molecule has 2 aliphatic rings. The number of carbonyl (C=O) groups is 2. The molecule has 2 aromatic carbocycles. The summed E-state index contributed by atoms with van der Waals surface area (Å²) in [5.74, 6) is 1.17. The van der Waals surface area contributed by atoms with Crippen molar-refractivity contribution in [2.75, 3.05) is 31.6 Å². The van der Waals surface area contributed by atoms with Crippen LogP contribution in [0, 0.1) is 12.8 Å². The van der Waals surface area contributed by atoms with Gasteiger partial charge in [0.2, 0.25) is 5.91 Å². The summed E-state index contributed by atoms with van der Waals surface area (Å²) in [4.78, 5) is 31.6. The first kappa shape index (κ1) is 24.7. The molecule has 1 N–H and O–H groups in total. The number of carbonyl (C=O) groups excluding carboxylic acids is 2. The van der Waals surface area contributed by atoms with E-state index in [1.165, 1.54) is 10.4 Å². The lowest BCUT2D eigenvalue weighted by Gasteiger charge is -2.37. The Balaban J connectivity index is 1.30. The van der Waals surface area contributed by atoms with E-state index in [1.807, 2.05) is 36.1 Å². The number of nitrogens with zero attached hydrogens (tertiary/aromatic N) is 2. The van der Waals surface area contributed by atoms with Crippen molar-refractivity contribution in [1.29, 1.82) is 0 Å². The minimum Gasteiger partial charge on any atom is -0.491 e. The summed E-state index contributed by atoms with van der Waals surface area (Å²) in [6.45, 7) is 3.62. The largest absolute Gasteiger partial charge is 0.491 e. The third-order valence-corrected chi connectivity index (χ3v) is 7.94. The number of amides is 3. The maximum Gasteiger partial charge on any atom is 0.322 e. The predicted molar refractivity (Wildman–Crippen MR) is 144 cm³/mol. The van der Waals surface area contributed by atoms with Crippen LogP contribution in [0.25, 0.3) is 0 Å². The van der Waals surface area contributed by atoms with Gasteiger partial charge in [-0.2, -0.15) is 0 Å². The summed E-state index contributed by atoms with van der Waals surface area (Å²) in [5, 5.41) is 5.54. The Morgan fingerprint density at radius 1 is 1.17 bits per heavy atom. The van der Waals surface area contributed by atoms with Crippen molar-refractivity contribution in [3.05, 3.63) is 81.0 Å². The first-order valence-corrected chi connectivity index (χ1v) is 13.6. The van der Waals surface area contributed by atoms with Gasteiger partial charge in [-0.1, -0.05) is 35.4 Å². The molecule has 1 atom stereocenters. The number of halogens is 1. The number of ether oxygens (including phenoxy) is 1. The van der Waals surface area contributed by atoms with Crippen molar-refractivity contribution in [3.63, 3.8) is 0 Å². The molecule has 0 spiro atoms. The van der Waals surface area contributed by atoms with Crippen LogP contribution in [0.5, 0.6) is 5.75 Å². The second-order valence-corrected chi connectivity index (χ2v) is 11.0. The van der Waals surface area contributed by atoms with Gasteiger partial charge in [-0.3, -0.25) is 4.79 Å². The number of hydrogen-bond acceptors (Lipinski definition) is 4. The van der Waals surface area contributed by atoms with E-state index in [9.17, 15) is 9.59 Å². The quantitative estimate of drug-likeness (QED) is 0.384. The number of anilines is 1. The van der Waals surface area contributed by atoms with E-state index in [0.717, 1.165) is 30.6 Å². The Kier molecular flexibility index (Phi) is 7.48. The molecule has 6 nitrogen and oxygen atoms in total. The Hall–Kier alpha value is -3.03. The van der Waals surface area contributed by atoms with Gasteiger partial charge in [-0.25, -0.2) is 4.79 Å². The van der Waals surface area contributed by atoms with E-state index in [-0.39, 0.29) is 24.5 Å². The monoisotopic (exact) mass is 523 g/mol. The molecule has 3 aromatic rings. The van der Waals surface area contributed by atoms with Gasteiger partial charge >= 0.3 is 6.03 Å². The van der Waals surface area contributed by atoms with Gasteiger partial charge in [0.15, 0.2) is 0 Å². The number of benzene rings is 2. The van der Waals surface area contributed by atoms with Crippen molar-refractivity contribution in [2.24, 2.45) is 5.92 Å². The molecule has 1 unspecified atom stereocenters. The maximum absolute atomic E-state index is 13.7. The summed E-state index contributed by atoms with van der Waals surface area (Å²) in [6.07, 6.45) is 2.99. The molecule has 5 rings (SSSR count). The molecule has 1 aromatic heterocycles. The smallest absolute Gasteiger partial charge is 0.322 e. The van der Waals surface area contributed by atoms with Crippen LogP contribution in [-0.4, -0.2) is 48.0 Å². The lowest BCUT2D eigenvalue weighted by molar-refractivity contribution is -0.135. The molecule has 188 valence electrons. The molecule has 2 heterocycles. The highest BCUT2D eigenvalue weighted by Crippen LogP contribution is 2.35. The summed E-state index contributed by atoms with van der Waals surface area (Å²) in [5.41, 5.74) is 2.93. The minimum absolute atomic E-state index is 0.0312. The Labute approximate surface area is 220 Å². The van der Waals surface area contributed by atoms with Crippen LogP contribution < -0.4 is 10.1 Å². The standard InChI is InChI=1S/C28H30ClN3O3S/c1-19-5-9-23(10-6-19)35-18-25-24-12-14-36-26(24)11-13-32(25)27(33)17-31(16-20-7-8-20)28(34)30-22-4-2-3-21(29)15-22/h2-6,9-10,12,14-15,20,25H,7-8,11,13,16-18H2,1H3,(H,30,34). The van der Waals surface area contributed by atoms with Crippen LogP contribution in [0.1, 0.15) is 34.9 Å². The minimum atomic E-state index is -0.279. The molecule has 1 saturated carbocycles. The third kappa shape index (κ3) is 6.02. The van der Waals surface area contributed by atoms with E-state index in [1.54, 1.807) is 40.5 Å². The van der Waals surface area contributed by atoms with Crippen LogP contribution in [0.15, 0.2) is 60.0 Å². The summed E-state index contributed by atoms with van der Waals surface area (Å²) in [7, 11) is 0. The van der Waals surface area contributed by atoms with Crippen LogP contribution in [0.2, 0.25) is 5.02 Å². The zero-order chi connectivity index (χ0) is 25.1. The lowest BCUT2D eigenvalue weighted by atomic mass is 10.0. The molecular formula is C28H30ClN3O3S. The molecule has 1 aliphatic carbocycles. The second kappa shape index (κ2) is 10.9. The van der Waals surface area contributed by atoms with Crippen molar-refractivity contribution >= 4 is 40.6 Å². The number of aryl methyl sites for hydroxylation is 1. The highest BCUT2D eigenvalue weighted by atomic mass is 35.5. The average molecular weight is 524 g/mol. The maximum atomic E-state index is 13.7. The molecule has 0 saturated heterocycles. The Morgan fingerprint density at radius 2 is 1.97 bits per heavy atom. The van der Waals surface area contributed by atoms with Crippen molar-refractivity contribution in [1.82, 2.24) is 9.80 Å². The molecule has 36 heavy (non-hydrogen) atoms. The van der Waals surface area contributed by atoms with Crippen LogP contribution in [0.3, 0.4) is 0 Å². The molecule has 0 bridgehead atoms. The van der Waals surface area contributed by atoms with Crippen molar-refractivity contribution in [2.45, 2.75) is 32.2 Å². The molecule has 1 aliphatic heterocycles. The molecular weight excluding hydrogens is 494 g/mol. The summed E-state index contributed by atoms with van der Waals surface area (Å²) >= 11 is 7.81. The summed E-state index contributed by atoms with van der Waals surface area (Å²) in [6, 6.07) is 16.6. The number of nitrogens with one attached hydrogen (secondary N) is 1. The van der Waals surface area contributed by atoms with E-state index in [2.05, 4.69) is 16.8 Å². The predicted octanol–water partition coefficient (Wildman–Crippen LogP) is 6.16. The topological polar surface area (TPSA) is 61.9 Å². The average Bonchev–Trinajstić information content (AvgIpc) is 3.55. The van der Waals surface area contributed by atoms with Gasteiger partial charge < -0.3 is 19.9 Å². The zero-order valence-corrected chi connectivity index (χ0v) is 21.9. The fourth-order valence-electron chi connectivity index (χ4n) is 4.54. The normalized spacial score (nSPS) is 16.8. The van der Waals surface area contributed by atoms with E-state index in [4.69, 9.17) is 16.3 Å². The van der Waals surface area contributed by atoms with Crippen LogP contribution in [-0.2, 0) is 11.2 Å². The Morgan fingerprint density at radius 3 is 2.72 bits per heavy atom. The van der Waals surface area contributed by atoms with Gasteiger partial charge in [-0.15, -0.1) is 11.3 Å². The number of urea groups is 1. The SMILES string of the molecule is Cc1ccc(OCC2c3ccsc3CCN2C(=O)CN(CC2CC2)C(=O)Nc2cccc(Cl)c2)cc1. The van der Waals surface area contributed by atoms with Crippen molar-refractivity contribution in [3.8, 4) is 5.75 Å². The number of hydrogen-bond donors (Lipinski definition) is 1. The first-order chi connectivity index (χ1) is 17.5. The van der Waals surface area contributed by atoms with Gasteiger partial charge in [0.1, 0.15) is 18.9 Å². The fourth-order valence-corrected chi connectivity index (χ4v) is 5.66. The van der Waals surface area contributed by atoms with E-state index in [0.29, 0.717) is 36.3 Å². The fraction of sp³-hybridized carbons (Fsp3) is 0.357. The van der Waals surface area contributed by atoms with Crippen molar-refractivity contribution < 1.29 is 14.3 Å². The van der Waals surface area contributed by atoms with Crippen LogP contribution in [0.4, 0.5) is 10.5 Å². The first-order valence-electron chi connectivity index (χ1n) is 12.3. The number of fused-ring (bicyclic) bond motifs is 1. The molecule has 8 heteroatoms. The molecule has 1 fully saturated rings. The summed E-state index contributed by atoms with van der Waals surface area (Å²) < 4.78 is 6.13. The van der Waals surface area contributed by atoms with Gasteiger partial charge in [0.25, 0.3) is 0 Å². The number of thiophene rings is 1. The van der Waals surface area contributed by atoms with E-state index < -0.39 is 0 Å². The van der Waals surface area contributed by atoms with Crippen LogP contribution >= 0.6 is 22.9 Å². The lowest BCUT2D eigenvalue weighted by Crippen LogP contribution is -2.49. The van der Waals surface area contributed by atoms with E-state index >= 15 is 0 Å². The molecule has 0 radical (unpaired) electrons. The van der Waals surface area contributed by atoms with Gasteiger partial charge in [0, 0.05) is 28.7 Å². The number of rotatable bonds is 8.